The second-order valence-electron chi connectivity index (χ2n) is 12.1. The molecule has 4 aliphatic rings. The Labute approximate surface area is 186 Å². The van der Waals surface area contributed by atoms with Gasteiger partial charge >= 0.3 is 0 Å². The Balaban J connectivity index is 1.48. The van der Waals surface area contributed by atoms with Crippen LogP contribution in [-0.4, -0.2) is 0 Å². The fraction of sp³-hybridized carbons (Fsp3) is 0.828. The lowest BCUT2D eigenvalue weighted by molar-refractivity contribution is -0.0423. The molecule has 4 rings (SSSR count). The average Bonchev–Trinajstić information content (AvgIpc) is 3.06. The Kier molecular flexibility index (Phi) is 6.27. The van der Waals surface area contributed by atoms with Crippen molar-refractivity contribution >= 4 is 0 Å². The third-order valence-corrected chi connectivity index (χ3v) is 10.6. The van der Waals surface area contributed by atoms with Crippen LogP contribution in [0.3, 0.4) is 0 Å². The van der Waals surface area contributed by atoms with E-state index in [4.69, 9.17) is 0 Å². The Hall–Kier alpha value is -1.03. The van der Waals surface area contributed by atoms with E-state index >= 15 is 0 Å². The molecule has 8 unspecified atom stereocenters. The third kappa shape index (κ3) is 3.61. The Morgan fingerprint density at radius 2 is 1.93 bits per heavy atom. The van der Waals surface area contributed by atoms with Crippen molar-refractivity contribution in [2.75, 3.05) is 0 Å². The van der Waals surface area contributed by atoms with Crippen LogP contribution in [0.2, 0.25) is 0 Å². The molecule has 3 saturated carbocycles. The summed E-state index contributed by atoms with van der Waals surface area (Å²) < 4.78 is 0. The molecule has 0 aromatic rings. The van der Waals surface area contributed by atoms with Gasteiger partial charge in [0, 0.05) is 0 Å². The molecule has 0 amide bonds. The van der Waals surface area contributed by atoms with Gasteiger partial charge in [-0.05, 0) is 111 Å². The summed E-state index contributed by atoms with van der Waals surface area (Å²) in [5.41, 5.74) is 2.60. The van der Waals surface area contributed by atoms with Crippen molar-refractivity contribution in [2.24, 2.45) is 52.3 Å². The second kappa shape index (κ2) is 8.48. The first kappa shape index (κ1) is 22.2. The van der Waals surface area contributed by atoms with E-state index in [9.17, 15) is 5.26 Å². The highest BCUT2D eigenvalue weighted by Crippen LogP contribution is 2.66. The van der Waals surface area contributed by atoms with E-state index in [0.29, 0.717) is 10.8 Å². The minimum absolute atomic E-state index is 0.273. The fourth-order valence-corrected chi connectivity index (χ4v) is 8.51. The quantitative estimate of drug-likeness (QED) is 0.420. The van der Waals surface area contributed by atoms with Crippen LogP contribution in [0.4, 0.5) is 0 Å². The molecule has 0 aromatic carbocycles. The van der Waals surface area contributed by atoms with Crippen LogP contribution in [0.5, 0.6) is 0 Å². The standard InChI is InChI=1S/C29H45N/c1-6-22(20(2)3)8-7-9-23-11-13-26-25-12-10-24-18-21(19-30)14-16-29(24,5)27(25)15-17-28(23,26)4/h7-8,10,20-23,25-27H,6,9,11-18H2,1-5H3/b8-7+. The lowest BCUT2D eigenvalue weighted by Crippen LogP contribution is -2.49. The first-order valence-electron chi connectivity index (χ1n) is 13.1. The molecule has 1 nitrogen and oxygen atoms in total. The summed E-state index contributed by atoms with van der Waals surface area (Å²) in [6, 6.07) is 2.57. The van der Waals surface area contributed by atoms with Crippen molar-refractivity contribution in [3.8, 4) is 6.07 Å². The van der Waals surface area contributed by atoms with Crippen LogP contribution in [0.25, 0.3) is 0 Å². The van der Waals surface area contributed by atoms with Crippen LogP contribution >= 0.6 is 0 Å². The van der Waals surface area contributed by atoms with Crippen molar-refractivity contribution in [2.45, 2.75) is 98.8 Å². The minimum atomic E-state index is 0.273. The maximum atomic E-state index is 9.45. The van der Waals surface area contributed by atoms with E-state index in [-0.39, 0.29) is 5.92 Å². The highest BCUT2D eigenvalue weighted by atomic mass is 14.6. The van der Waals surface area contributed by atoms with E-state index < -0.39 is 0 Å². The van der Waals surface area contributed by atoms with Gasteiger partial charge in [-0.2, -0.15) is 5.26 Å². The van der Waals surface area contributed by atoms with Crippen LogP contribution in [0.15, 0.2) is 23.8 Å². The highest BCUT2D eigenvalue weighted by Gasteiger charge is 2.58. The monoisotopic (exact) mass is 407 g/mol. The zero-order valence-corrected chi connectivity index (χ0v) is 20.3. The van der Waals surface area contributed by atoms with E-state index in [1.165, 1.54) is 51.4 Å². The summed E-state index contributed by atoms with van der Waals surface area (Å²) in [6.45, 7) is 12.3. The van der Waals surface area contributed by atoms with Gasteiger partial charge in [0.25, 0.3) is 0 Å². The molecular formula is C29H45N. The fourth-order valence-electron chi connectivity index (χ4n) is 8.51. The van der Waals surface area contributed by atoms with Gasteiger partial charge in [0.1, 0.15) is 0 Å². The molecule has 4 aliphatic carbocycles. The second-order valence-corrected chi connectivity index (χ2v) is 12.1. The molecule has 0 aliphatic heterocycles. The molecule has 0 bridgehead atoms. The van der Waals surface area contributed by atoms with Gasteiger partial charge in [-0.1, -0.05) is 58.4 Å². The van der Waals surface area contributed by atoms with Crippen LogP contribution in [-0.2, 0) is 0 Å². The maximum absolute atomic E-state index is 9.45. The number of nitrogens with zero attached hydrogens (tertiary/aromatic N) is 1. The van der Waals surface area contributed by atoms with Gasteiger partial charge in [0.15, 0.2) is 0 Å². The van der Waals surface area contributed by atoms with Crippen LogP contribution in [0.1, 0.15) is 98.8 Å². The lowest BCUT2D eigenvalue weighted by atomic mass is 9.47. The van der Waals surface area contributed by atoms with E-state index in [1.807, 2.05) is 0 Å². The van der Waals surface area contributed by atoms with Gasteiger partial charge < -0.3 is 0 Å². The van der Waals surface area contributed by atoms with E-state index in [0.717, 1.165) is 48.3 Å². The first-order chi connectivity index (χ1) is 14.3. The smallest absolute Gasteiger partial charge is 0.0659 e. The van der Waals surface area contributed by atoms with Gasteiger partial charge in [0.05, 0.1) is 12.0 Å². The zero-order chi connectivity index (χ0) is 21.5. The third-order valence-electron chi connectivity index (χ3n) is 10.6. The Morgan fingerprint density at radius 1 is 1.13 bits per heavy atom. The summed E-state index contributed by atoms with van der Waals surface area (Å²) in [4.78, 5) is 0. The SMILES string of the molecule is CCC(/C=C/CC1CCC2C3CC=C4CC(C#N)CCC4(C)C3CCC12C)C(C)C. The van der Waals surface area contributed by atoms with Crippen molar-refractivity contribution in [1.82, 2.24) is 0 Å². The number of rotatable bonds is 5. The molecule has 30 heavy (non-hydrogen) atoms. The largest absolute Gasteiger partial charge is 0.198 e. The van der Waals surface area contributed by atoms with Gasteiger partial charge in [0.2, 0.25) is 0 Å². The number of nitriles is 1. The molecule has 0 spiro atoms. The zero-order valence-electron chi connectivity index (χ0n) is 20.3. The van der Waals surface area contributed by atoms with Gasteiger partial charge in [-0.3, -0.25) is 0 Å². The molecular weight excluding hydrogens is 362 g/mol. The summed E-state index contributed by atoms with van der Waals surface area (Å²) >= 11 is 0. The van der Waals surface area contributed by atoms with Crippen molar-refractivity contribution in [3.63, 3.8) is 0 Å². The van der Waals surface area contributed by atoms with E-state index in [1.54, 1.807) is 5.57 Å². The Morgan fingerprint density at radius 3 is 2.63 bits per heavy atom. The number of hydrogen-bond donors (Lipinski definition) is 0. The predicted octanol–water partition coefficient (Wildman–Crippen LogP) is 8.33. The Bertz CT molecular complexity index is 723. The van der Waals surface area contributed by atoms with E-state index in [2.05, 4.69) is 58.9 Å². The van der Waals surface area contributed by atoms with Crippen LogP contribution < -0.4 is 0 Å². The van der Waals surface area contributed by atoms with Crippen LogP contribution in [0, 0.1) is 63.6 Å². The number of fused-ring (bicyclic) bond motifs is 5. The highest BCUT2D eigenvalue weighted by molar-refractivity contribution is 5.26. The molecule has 166 valence electrons. The van der Waals surface area contributed by atoms with Crippen molar-refractivity contribution < 1.29 is 0 Å². The summed E-state index contributed by atoms with van der Waals surface area (Å²) in [5, 5.41) is 9.45. The first-order valence-corrected chi connectivity index (χ1v) is 13.1. The number of allylic oxidation sites excluding steroid dienone is 4. The molecule has 0 radical (unpaired) electrons. The molecule has 0 aromatic heterocycles. The summed E-state index contributed by atoms with van der Waals surface area (Å²) in [7, 11) is 0. The minimum Gasteiger partial charge on any atom is -0.198 e. The normalized spacial score (nSPS) is 44.2. The number of hydrogen-bond acceptors (Lipinski definition) is 1. The molecule has 0 N–H and O–H groups in total. The molecule has 0 heterocycles. The average molecular weight is 408 g/mol. The summed E-state index contributed by atoms with van der Waals surface area (Å²) in [6.07, 6.45) is 20.8. The predicted molar refractivity (Wildman–Crippen MR) is 127 cm³/mol. The molecule has 8 atom stereocenters. The van der Waals surface area contributed by atoms with Crippen molar-refractivity contribution in [1.29, 1.82) is 5.26 Å². The molecule has 1 heteroatoms. The van der Waals surface area contributed by atoms with Gasteiger partial charge in [-0.15, -0.1) is 0 Å². The lowest BCUT2D eigenvalue weighted by Gasteiger charge is -2.58. The molecule has 0 saturated heterocycles. The molecule has 3 fully saturated rings. The summed E-state index contributed by atoms with van der Waals surface area (Å²) in [5.74, 6) is 5.35. The van der Waals surface area contributed by atoms with Crippen molar-refractivity contribution in [3.05, 3.63) is 23.8 Å². The topological polar surface area (TPSA) is 23.8 Å². The van der Waals surface area contributed by atoms with Gasteiger partial charge in [-0.25, -0.2) is 0 Å². The maximum Gasteiger partial charge on any atom is 0.0659 e.